The summed E-state index contributed by atoms with van der Waals surface area (Å²) in [7, 11) is -3.54. The van der Waals surface area contributed by atoms with Crippen LogP contribution in [0.5, 0.6) is 5.75 Å². The molecule has 0 amide bonds. The van der Waals surface area contributed by atoms with Crippen molar-refractivity contribution in [2.24, 2.45) is 0 Å². The van der Waals surface area contributed by atoms with Gasteiger partial charge in [-0.25, -0.2) is 13.4 Å². The Morgan fingerprint density at radius 1 is 1.41 bits per heavy atom. The van der Waals surface area contributed by atoms with Crippen LogP contribution in [0, 0.1) is 3.70 Å². The molecule has 0 aromatic carbocycles. The Bertz CT molecular complexity index is 819. The number of aromatic nitrogens is 2. The fraction of sp³-hybridized carbons (Fsp3) is 0.500. The molecule has 0 unspecified atom stereocenters. The first-order chi connectivity index (χ1) is 10.2. The predicted molar refractivity (Wildman–Crippen MR) is 90.1 cm³/mol. The summed E-state index contributed by atoms with van der Waals surface area (Å²) in [5, 5.41) is 0. The Kier molecular flexibility index (Phi) is 3.89. The molecule has 1 saturated heterocycles. The van der Waals surface area contributed by atoms with Gasteiger partial charge in [-0.2, -0.15) is 0 Å². The van der Waals surface area contributed by atoms with Gasteiger partial charge in [-0.3, -0.25) is 4.40 Å². The number of rotatable bonds is 3. The van der Waals surface area contributed by atoms with Crippen LogP contribution < -0.4 is 4.74 Å². The molecular formula is C14H17IN2O4S. The number of hydrogen-bond acceptors (Lipinski definition) is 5. The molecule has 1 aliphatic rings. The van der Waals surface area contributed by atoms with E-state index in [1.807, 2.05) is 0 Å². The molecule has 0 radical (unpaired) electrons. The molecule has 8 heteroatoms. The van der Waals surface area contributed by atoms with Crippen molar-refractivity contribution in [1.82, 2.24) is 9.38 Å². The van der Waals surface area contributed by atoms with Gasteiger partial charge in [0.2, 0.25) is 0 Å². The smallest absolute Gasteiger partial charge is 0.188 e. The minimum atomic E-state index is -3.54. The van der Waals surface area contributed by atoms with Crippen LogP contribution in [-0.4, -0.2) is 41.9 Å². The van der Waals surface area contributed by atoms with E-state index in [4.69, 9.17) is 9.47 Å². The molecule has 1 aliphatic heterocycles. The van der Waals surface area contributed by atoms with Gasteiger partial charge in [-0.15, -0.1) is 0 Å². The highest BCUT2D eigenvalue weighted by atomic mass is 127. The molecular weight excluding hydrogens is 419 g/mol. The van der Waals surface area contributed by atoms with Crippen LogP contribution in [-0.2, 0) is 14.6 Å². The van der Waals surface area contributed by atoms with Gasteiger partial charge in [-0.1, -0.05) is 0 Å². The number of sulfone groups is 1. The van der Waals surface area contributed by atoms with E-state index >= 15 is 0 Å². The summed E-state index contributed by atoms with van der Waals surface area (Å²) in [6.07, 6.45) is 3.18. The fourth-order valence-corrected chi connectivity index (χ4v) is 3.84. The number of hydrogen-bond donors (Lipinski definition) is 0. The number of ether oxygens (including phenoxy) is 2. The lowest BCUT2D eigenvalue weighted by molar-refractivity contribution is -0.0807. The maximum Gasteiger partial charge on any atom is 0.188 e. The van der Waals surface area contributed by atoms with E-state index in [9.17, 15) is 8.42 Å². The van der Waals surface area contributed by atoms with E-state index in [1.54, 1.807) is 43.6 Å². The Labute approximate surface area is 142 Å². The van der Waals surface area contributed by atoms with Crippen molar-refractivity contribution >= 4 is 38.1 Å². The molecule has 0 spiro atoms. The Morgan fingerprint density at radius 3 is 2.64 bits per heavy atom. The van der Waals surface area contributed by atoms with Gasteiger partial charge >= 0.3 is 0 Å². The second kappa shape index (κ2) is 5.34. The molecule has 1 fully saturated rings. The number of nitrogens with zero attached hydrogens (tertiary/aromatic N) is 2. The van der Waals surface area contributed by atoms with Gasteiger partial charge in [0, 0.05) is 12.3 Å². The third-order valence-electron chi connectivity index (χ3n) is 3.53. The molecule has 0 saturated carbocycles. The number of halogens is 1. The number of fused-ring (bicyclic) bond motifs is 1. The zero-order chi connectivity index (χ0) is 16.1. The van der Waals surface area contributed by atoms with Gasteiger partial charge in [0.05, 0.1) is 24.2 Å². The summed E-state index contributed by atoms with van der Waals surface area (Å²) in [5.41, 5.74) is 0.660. The van der Waals surface area contributed by atoms with Crippen LogP contribution >= 0.6 is 22.6 Å². The zero-order valence-electron chi connectivity index (χ0n) is 12.5. The van der Waals surface area contributed by atoms with E-state index in [0.29, 0.717) is 24.6 Å². The quantitative estimate of drug-likeness (QED) is 0.691. The first-order valence-corrected chi connectivity index (χ1v) is 9.42. The van der Waals surface area contributed by atoms with E-state index in [0.717, 1.165) is 3.70 Å². The lowest BCUT2D eigenvalue weighted by atomic mass is 10.3. The van der Waals surface area contributed by atoms with Crippen LogP contribution in [0.1, 0.15) is 20.8 Å². The average molecular weight is 436 g/mol. The summed E-state index contributed by atoms with van der Waals surface area (Å²) in [5.74, 6) is 0.345. The van der Waals surface area contributed by atoms with E-state index in [1.165, 1.54) is 0 Å². The number of pyridine rings is 1. The van der Waals surface area contributed by atoms with Crippen LogP contribution in [0.2, 0.25) is 0 Å². The van der Waals surface area contributed by atoms with Gasteiger partial charge in [0.1, 0.15) is 26.1 Å². The topological polar surface area (TPSA) is 69.9 Å². The van der Waals surface area contributed by atoms with Gasteiger partial charge in [0.15, 0.2) is 9.84 Å². The molecule has 22 heavy (non-hydrogen) atoms. The Balaban J connectivity index is 2.20. The average Bonchev–Trinajstić information content (AvgIpc) is 2.73. The molecule has 0 aliphatic carbocycles. The van der Waals surface area contributed by atoms with Crippen LogP contribution in [0.3, 0.4) is 0 Å². The highest BCUT2D eigenvalue weighted by Crippen LogP contribution is 2.34. The SMILES string of the molecule is CC(C)(C)S(=O)(=O)c1cn2c(I)cnc2cc1OC1COC1. The molecule has 0 N–H and O–H groups in total. The first-order valence-electron chi connectivity index (χ1n) is 6.86. The lowest BCUT2D eigenvalue weighted by Crippen LogP contribution is -2.39. The highest BCUT2D eigenvalue weighted by Gasteiger charge is 2.35. The van der Waals surface area contributed by atoms with Crippen molar-refractivity contribution in [3.05, 3.63) is 22.2 Å². The third-order valence-corrected chi connectivity index (χ3v) is 6.82. The second-order valence-electron chi connectivity index (χ2n) is 6.20. The first kappa shape index (κ1) is 16.0. The summed E-state index contributed by atoms with van der Waals surface area (Å²) < 4.78 is 38.4. The summed E-state index contributed by atoms with van der Waals surface area (Å²) in [4.78, 5) is 4.45. The molecule has 0 atom stereocenters. The summed E-state index contributed by atoms with van der Waals surface area (Å²) in [6.45, 7) is 6.00. The van der Waals surface area contributed by atoms with Crippen molar-refractivity contribution in [3.63, 3.8) is 0 Å². The monoisotopic (exact) mass is 436 g/mol. The molecule has 6 nitrogen and oxygen atoms in total. The molecule has 3 rings (SSSR count). The van der Waals surface area contributed by atoms with Crippen LogP contribution in [0.25, 0.3) is 5.65 Å². The van der Waals surface area contributed by atoms with Gasteiger partial charge in [-0.05, 0) is 43.4 Å². The normalized spacial score (nSPS) is 16.7. The van der Waals surface area contributed by atoms with E-state index in [-0.39, 0.29) is 11.0 Å². The largest absolute Gasteiger partial charge is 0.484 e. The van der Waals surface area contributed by atoms with Crippen molar-refractivity contribution < 1.29 is 17.9 Å². The molecule has 120 valence electrons. The van der Waals surface area contributed by atoms with E-state index < -0.39 is 14.6 Å². The maximum absolute atomic E-state index is 12.9. The minimum Gasteiger partial charge on any atom is -0.484 e. The molecule has 2 aromatic rings. The highest BCUT2D eigenvalue weighted by molar-refractivity contribution is 14.1. The molecule has 3 heterocycles. The minimum absolute atomic E-state index is 0.106. The van der Waals surface area contributed by atoms with Gasteiger partial charge in [0.25, 0.3) is 0 Å². The van der Waals surface area contributed by atoms with Crippen LogP contribution in [0.4, 0.5) is 0 Å². The second-order valence-corrected chi connectivity index (χ2v) is 9.98. The van der Waals surface area contributed by atoms with Crippen molar-refractivity contribution in [3.8, 4) is 5.75 Å². The maximum atomic E-state index is 12.9. The van der Waals surface area contributed by atoms with Crippen molar-refractivity contribution in [2.75, 3.05) is 13.2 Å². The Morgan fingerprint density at radius 2 is 2.09 bits per heavy atom. The van der Waals surface area contributed by atoms with E-state index in [2.05, 4.69) is 27.6 Å². The lowest BCUT2D eigenvalue weighted by Gasteiger charge is -2.29. The van der Waals surface area contributed by atoms with Crippen molar-refractivity contribution in [2.45, 2.75) is 36.5 Å². The predicted octanol–water partition coefficient (Wildman–Crippen LogP) is 2.29. The summed E-state index contributed by atoms with van der Waals surface area (Å²) >= 11 is 2.12. The molecule has 0 bridgehead atoms. The third kappa shape index (κ3) is 2.61. The van der Waals surface area contributed by atoms with Crippen LogP contribution in [0.15, 0.2) is 23.4 Å². The molecule has 2 aromatic heterocycles. The fourth-order valence-electron chi connectivity index (χ4n) is 2.04. The van der Waals surface area contributed by atoms with Crippen molar-refractivity contribution in [1.29, 1.82) is 0 Å². The zero-order valence-corrected chi connectivity index (χ0v) is 15.5. The number of imidazole rings is 1. The Hall–Kier alpha value is -0.870. The summed E-state index contributed by atoms with van der Waals surface area (Å²) in [6, 6.07) is 1.68. The van der Waals surface area contributed by atoms with Gasteiger partial charge < -0.3 is 9.47 Å². The standard InChI is InChI=1S/C14H17IN2O4S/c1-14(2,3)22(18,19)11-6-17-12(15)5-16-13(17)4-10(11)21-9-7-20-8-9/h4-6,9H,7-8H2,1-3H3.